The van der Waals surface area contributed by atoms with Crippen LogP contribution in [0, 0.1) is 0 Å². The Morgan fingerprint density at radius 1 is 0.816 bits per heavy atom. The second-order valence-electron chi connectivity index (χ2n) is 9.87. The lowest BCUT2D eigenvalue weighted by Gasteiger charge is -2.41. The highest BCUT2D eigenvalue weighted by molar-refractivity contribution is 6.31. The predicted octanol–water partition coefficient (Wildman–Crippen LogP) is 5.47. The Hall–Kier alpha value is -4.00. The Kier molecular flexibility index (Phi) is 6.66. The molecule has 0 aliphatic carbocycles. The number of nitrogen functional groups attached to an aromatic ring is 1. The molecule has 6 rings (SSSR count). The number of hydrogen-bond acceptors (Lipinski definition) is 5. The SMILES string of the molecule is Nc1ncnc2cc(CN3CCN(Cc4ccc5cc(Cl)ccc5c4)C(Cc4ccccc4)C3=O)ccc12. The summed E-state index contributed by atoms with van der Waals surface area (Å²) in [6.07, 6.45) is 2.14. The van der Waals surface area contributed by atoms with E-state index in [0.717, 1.165) is 44.4 Å². The highest BCUT2D eigenvalue weighted by atomic mass is 35.5. The summed E-state index contributed by atoms with van der Waals surface area (Å²) in [7, 11) is 0. The molecule has 0 bridgehead atoms. The maximum absolute atomic E-state index is 13.9. The van der Waals surface area contributed by atoms with Crippen molar-refractivity contribution in [3.8, 4) is 0 Å². The molecule has 1 aliphatic rings. The van der Waals surface area contributed by atoms with Gasteiger partial charge in [-0.2, -0.15) is 0 Å². The number of amides is 1. The zero-order valence-electron chi connectivity index (χ0n) is 20.9. The van der Waals surface area contributed by atoms with Gasteiger partial charge in [0, 0.05) is 36.6 Å². The molecule has 4 aromatic carbocycles. The lowest BCUT2D eigenvalue weighted by atomic mass is 9.99. The third kappa shape index (κ3) is 5.05. The number of fused-ring (bicyclic) bond motifs is 2. The zero-order chi connectivity index (χ0) is 26.1. The zero-order valence-corrected chi connectivity index (χ0v) is 21.7. The number of nitrogens with two attached hydrogens (primary N) is 1. The lowest BCUT2D eigenvalue weighted by Crippen LogP contribution is -2.57. The summed E-state index contributed by atoms with van der Waals surface area (Å²) in [4.78, 5) is 26.6. The van der Waals surface area contributed by atoms with Crippen LogP contribution in [-0.2, 0) is 24.3 Å². The highest BCUT2D eigenvalue weighted by Crippen LogP contribution is 2.25. The average Bonchev–Trinajstić information content (AvgIpc) is 2.93. The minimum atomic E-state index is -0.245. The van der Waals surface area contributed by atoms with E-state index in [0.29, 0.717) is 31.9 Å². The first-order chi connectivity index (χ1) is 18.5. The van der Waals surface area contributed by atoms with Crippen molar-refractivity contribution in [2.75, 3.05) is 18.8 Å². The number of rotatable bonds is 6. The van der Waals surface area contributed by atoms with Crippen LogP contribution < -0.4 is 5.73 Å². The van der Waals surface area contributed by atoms with E-state index >= 15 is 0 Å². The van der Waals surface area contributed by atoms with Crippen LogP contribution in [0.3, 0.4) is 0 Å². The number of carbonyl (C=O) groups is 1. The van der Waals surface area contributed by atoms with Crippen LogP contribution in [0.1, 0.15) is 16.7 Å². The molecule has 1 atom stereocenters. The van der Waals surface area contributed by atoms with Gasteiger partial charge < -0.3 is 10.6 Å². The molecule has 1 saturated heterocycles. The van der Waals surface area contributed by atoms with Gasteiger partial charge >= 0.3 is 0 Å². The molecule has 38 heavy (non-hydrogen) atoms. The van der Waals surface area contributed by atoms with Gasteiger partial charge in [0.25, 0.3) is 0 Å². The van der Waals surface area contributed by atoms with Crippen molar-refractivity contribution in [3.63, 3.8) is 0 Å². The fourth-order valence-corrected chi connectivity index (χ4v) is 5.50. The summed E-state index contributed by atoms with van der Waals surface area (Å²) in [6.45, 7) is 2.71. The molecular formula is C31H28ClN5O. The van der Waals surface area contributed by atoms with Crippen molar-refractivity contribution in [1.29, 1.82) is 0 Å². The van der Waals surface area contributed by atoms with E-state index in [-0.39, 0.29) is 11.9 Å². The number of carbonyl (C=O) groups excluding carboxylic acids is 1. The van der Waals surface area contributed by atoms with Crippen LogP contribution in [0.4, 0.5) is 5.82 Å². The third-order valence-corrected chi connectivity index (χ3v) is 7.56. The Labute approximate surface area is 226 Å². The van der Waals surface area contributed by atoms with Crippen LogP contribution in [0.2, 0.25) is 5.02 Å². The molecule has 2 heterocycles. The van der Waals surface area contributed by atoms with Crippen LogP contribution in [0.25, 0.3) is 21.7 Å². The van der Waals surface area contributed by atoms with Crippen LogP contribution >= 0.6 is 11.6 Å². The number of aromatic nitrogens is 2. The van der Waals surface area contributed by atoms with Crippen LogP contribution in [-0.4, -0.2) is 44.8 Å². The van der Waals surface area contributed by atoms with E-state index in [1.807, 2.05) is 59.5 Å². The van der Waals surface area contributed by atoms with E-state index in [1.165, 1.54) is 11.9 Å². The van der Waals surface area contributed by atoms with Crippen molar-refractivity contribution >= 4 is 45.0 Å². The maximum Gasteiger partial charge on any atom is 0.240 e. The minimum Gasteiger partial charge on any atom is -0.383 e. The van der Waals surface area contributed by atoms with Gasteiger partial charge in [0.1, 0.15) is 12.1 Å². The van der Waals surface area contributed by atoms with E-state index in [9.17, 15) is 4.79 Å². The smallest absolute Gasteiger partial charge is 0.240 e. The number of anilines is 1. The monoisotopic (exact) mass is 521 g/mol. The lowest BCUT2D eigenvalue weighted by molar-refractivity contribution is -0.142. The molecule has 2 N–H and O–H groups in total. The van der Waals surface area contributed by atoms with Gasteiger partial charge in [-0.15, -0.1) is 0 Å². The molecule has 1 fully saturated rings. The molecule has 6 nitrogen and oxygen atoms in total. The fourth-order valence-electron chi connectivity index (χ4n) is 5.32. The van der Waals surface area contributed by atoms with E-state index in [4.69, 9.17) is 17.3 Å². The van der Waals surface area contributed by atoms with E-state index < -0.39 is 0 Å². The first kappa shape index (κ1) is 24.3. The molecule has 5 aromatic rings. The van der Waals surface area contributed by atoms with Crippen molar-refractivity contribution in [2.24, 2.45) is 0 Å². The van der Waals surface area contributed by atoms with E-state index in [2.05, 4.69) is 45.2 Å². The summed E-state index contributed by atoms with van der Waals surface area (Å²) in [5, 5.41) is 3.83. The van der Waals surface area contributed by atoms with Gasteiger partial charge in [0.15, 0.2) is 0 Å². The largest absolute Gasteiger partial charge is 0.383 e. The Balaban J connectivity index is 1.25. The molecule has 0 saturated carbocycles. The average molecular weight is 522 g/mol. The molecule has 1 amide bonds. The van der Waals surface area contributed by atoms with E-state index in [1.54, 1.807) is 0 Å². The minimum absolute atomic E-state index is 0.148. The predicted molar refractivity (Wildman–Crippen MR) is 153 cm³/mol. The summed E-state index contributed by atoms with van der Waals surface area (Å²) >= 11 is 6.17. The second-order valence-corrected chi connectivity index (χ2v) is 10.3. The normalized spacial score (nSPS) is 16.4. The number of halogens is 1. The maximum atomic E-state index is 13.9. The van der Waals surface area contributed by atoms with Gasteiger partial charge in [-0.3, -0.25) is 9.69 Å². The molecule has 1 aromatic heterocycles. The second kappa shape index (κ2) is 10.4. The number of hydrogen-bond donors (Lipinski definition) is 1. The number of benzene rings is 4. The Morgan fingerprint density at radius 3 is 2.45 bits per heavy atom. The van der Waals surface area contributed by atoms with Gasteiger partial charge in [-0.1, -0.05) is 66.2 Å². The van der Waals surface area contributed by atoms with Gasteiger partial charge in [0.2, 0.25) is 5.91 Å². The number of piperazine rings is 1. The quantitative estimate of drug-likeness (QED) is 0.320. The number of nitrogens with zero attached hydrogens (tertiary/aromatic N) is 4. The summed E-state index contributed by atoms with van der Waals surface area (Å²) in [5.74, 6) is 0.612. The van der Waals surface area contributed by atoms with Crippen molar-refractivity contribution in [2.45, 2.75) is 25.6 Å². The van der Waals surface area contributed by atoms with Crippen molar-refractivity contribution in [1.82, 2.24) is 19.8 Å². The summed E-state index contributed by atoms with van der Waals surface area (Å²) in [5.41, 5.74) is 10.2. The first-order valence-electron chi connectivity index (χ1n) is 12.8. The molecular weight excluding hydrogens is 494 g/mol. The van der Waals surface area contributed by atoms with Gasteiger partial charge in [-0.05, 0) is 64.2 Å². The van der Waals surface area contributed by atoms with Gasteiger partial charge in [-0.25, -0.2) is 9.97 Å². The molecule has 0 radical (unpaired) electrons. The van der Waals surface area contributed by atoms with Crippen molar-refractivity contribution in [3.05, 3.63) is 113 Å². The summed E-state index contributed by atoms with van der Waals surface area (Å²) < 4.78 is 0. The molecule has 1 aliphatic heterocycles. The molecule has 1 unspecified atom stereocenters. The fraction of sp³-hybridized carbons (Fsp3) is 0.194. The van der Waals surface area contributed by atoms with Gasteiger partial charge in [0.05, 0.1) is 11.6 Å². The first-order valence-corrected chi connectivity index (χ1v) is 13.2. The van der Waals surface area contributed by atoms with Crippen molar-refractivity contribution < 1.29 is 4.79 Å². The molecule has 7 heteroatoms. The Morgan fingerprint density at radius 2 is 1.58 bits per heavy atom. The molecule has 190 valence electrons. The third-order valence-electron chi connectivity index (χ3n) is 7.32. The molecule has 0 spiro atoms. The van der Waals surface area contributed by atoms with Crippen LogP contribution in [0.5, 0.6) is 0 Å². The standard InChI is InChI=1S/C31H28ClN5O/c32-26-10-9-24-14-22(6-8-25(24)17-26)18-36-12-13-37(31(38)29(36)16-21-4-2-1-3-5-21)19-23-7-11-27-28(15-23)34-20-35-30(27)33/h1-11,14-15,17,20,29H,12-13,16,18-19H2,(H2,33,34,35). The summed E-state index contributed by atoms with van der Waals surface area (Å²) in [6, 6.07) is 28.4. The van der Waals surface area contributed by atoms with Crippen LogP contribution in [0.15, 0.2) is 91.3 Å². The topological polar surface area (TPSA) is 75.3 Å². The highest BCUT2D eigenvalue weighted by Gasteiger charge is 2.34. The Bertz CT molecular complexity index is 1620.